The maximum absolute atomic E-state index is 14.1. The largest absolute Gasteiger partial charge is 0.350 e. The Hall–Kier alpha value is -3.65. The Labute approximate surface area is 222 Å². The number of carbonyl (C=O) groups is 2. The van der Waals surface area contributed by atoms with Crippen LogP contribution >= 0.6 is 7.60 Å². The Morgan fingerprint density at radius 2 is 1.37 bits per heavy atom. The van der Waals surface area contributed by atoms with Gasteiger partial charge < -0.3 is 24.5 Å². The molecule has 5 rings (SSSR count). The molecule has 0 aliphatic carbocycles. The lowest BCUT2D eigenvalue weighted by Crippen LogP contribution is -2.65. The van der Waals surface area contributed by atoms with E-state index in [0.717, 1.165) is 5.56 Å². The summed E-state index contributed by atoms with van der Waals surface area (Å²) in [5, 5.41) is 0. The molecule has 2 aliphatic heterocycles. The van der Waals surface area contributed by atoms with Gasteiger partial charge in [0, 0.05) is 20.1 Å². The third-order valence-electron chi connectivity index (χ3n) is 7.24. The van der Waals surface area contributed by atoms with Gasteiger partial charge in [-0.25, -0.2) is 9.59 Å². The van der Waals surface area contributed by atoms with Gasteiger partial charge in [0.25, 0.3) is 0 Å². The zero-order valence-electron chi connectivity index (χ0n) is 21.1. The average molecular weight is 535 g/mol. The number of para-hydroxylation sites is 2. The molecule has 2 aliphatic rings. The quantitative estimate of drug-likeness (QED) is 0.456. The number of likely N-dealkylation sites (tertiary alicyclic amines) is 1. The van der Waals surface area contributed by atoms with E-state index in [1.807, 2.05) is 66.7 Å². The van der Waals surface area contributed by atoms with Gasteiger partial charge in [0.2, 0.25) is 0 Å². The average Bonchev–Trinajstić information content (AvgIpc) is 3.20. The molecule has 3 atom stereocenters. The van der Waals surface area contributed by atoms with Crippen molar-refractivity contribution in [3.8, 4) is 0 Å². The van der Waals surface area contributed by atoms with E-state index in [-0.39, 0.29) is 18.6 Å². The van der Waals surface area contributed by atoms with Crippen LogP contribution in [0.1, 0.15) is 18.4 Å². The molecule has 0 unspecified atom stereocenters. The molecule has 10 heteroatoms. The summed E-state index contributed by atoms with van der Waals surface area (Å²) in [6.07, 6.45) is 0.971. The SMILES string of the molecule is CN(Cc1ccccc1)C(=O)N1[C@H]2CC[C@@H]1[C@@H](P(=O)(O)O)N(C(=O)N(c1ccccc1)c1ccccc1)C2. The van der Waals surface area contributed by atoms with Gasteiger partial charge in [0.15, 0.2) is 5.78 Å². The van der Waals surface area contributed by atoms with Crippen molar-refractivity contribution in [2.45, 2.75) is 37.3 Å². The number of benzene rings is 3. The number of hydrogen-bond donors (Lipinski definition) is 2. The minimum atomic E-state index is -4.83. The predicted molar refractivity (Wildman–Crippen MR) is 145 cm³/mol. The number of fused-ring (bicyclic) bond motifs is 2. The number of hydrogen-bond acceptors (Lipinski definition) is 3. The lowest BCUT2D eigenvalue weighted by Gasteiger charge is -2.48. The van der Waals surface area contributed by atoms with Crippen LogP contribution in [0.15, 0.2) is 91.0 Å². The van der Waals surface area contributed by atoms with Gasteiger partial charge in [0.1, 0.15) is 0 Å². The van der Waals surface area contributed by atoms with Crippen LogP contribution < -0.4 is 4.90 Å². The minimum Gasteiger partial charge on any atom is -0.323 e. The van der Waals surface area contributed by atoms with E-state index in [9.17, 15) is 23.9 Å². The van der Waals surface area contributed by atoms with Gasteiger partial charge in [-0.3, -0.25) is 9.46 Å². The Bertz CT molecular complexity index is 1280. The van der Waals surface area contributed by atoms with E-state index < -0.39 is 25.5 Å². The smallest absolute Gasteiger partial charge is 0.323 e. The summed E-state index contributed by atoms with van der Waals surface area (Å²) < 4.78 is 12.9. The number of piperazine rings is 1. The highest BCUT2D eigenvalue weighted by Gasteiger charge is 2.57. The van der Waals surface area contributed by atoms with Gasteiger partial charge in [-0.05, 0) is 42.7 Å². The Morgan fingerprint density at radius 3 is 1.89 bits per heavy atom. The molecule has 198 valence electrons. The van der Waals surface area contributed by atoms with Gasteiger partial charge in [0.05, 0.1) is 23.5 Å². The van der Waals surface area contributed by atoms with E-state index in [1.54, 1.807) is 41.1 Å². The molecule has 38 heavy (non-hydrogen) atoms. The lowest BCUT2D eigenvalue weighted by atomic mass is 10.1. The van der Waals surface area contributed by atoms with E-state index in [1.165, 1.54) is 9.80 Å². The molecule has 0 aromatic heterocycles. The summed E-state index contributed by atoms with van der Waals surface area (Å²) in [5.74, 6) is -1.45. The fraction of sp³-hybridized carbons (Fsp3) is 0.286. The molecule has 2 heterocycles. The first-order chi connectivity index (χ1) is 18.3. The summed E-state index contributed by atoms with van der Waals surface area (Å²) in [6, 6.07) is 25.6. The first-order valence-electron chi connectivity index (χ1n) is 12.6. The van der Waals surface area contributed by atoms with Gasteiger partial charge >= 0.3 is 19.7 Å². The highest BCUT2D eigenvalue weighted by molar-refractivity contribution is 7.52. The summed E-state index contributed by atoms with van der Waals surface area (Å²) in [7, 11) is -3.14. The minimum absolute atomic E-state index is 0.0339. The molecule has 0 spiro atoms. The molecule has 2 fully saturated rings. The molecule has 9 nitrogen and oxygen atoms in total. The zero-order valence-corrected chi connectivity index (χ0v) is 22.0. The first kappa shape index (κ1) is 26.0. The molecule has 2 saturated heterocycles. The van der Waals surface area contributed by atoms with Crippen molar-refractivity contribution in [1.29, 1.82) is 0 Å². The van der Waals surface area contributed by atoms with E-state index in [0.29, 0.717) is 30.8 Å². The number of carbonyl (C=O) groups excluding carboxylic acids is 2. The van der Waals surface area contributed by atoms with Crippen LogP contribution in [0.5, 0.6) is 0 Å². The van der Waals surface area contributed by atoms with E-state index in [2.05, 4.69) is 0 Å². The fourth-order valence-corrected chi connectivity index (χ4v) is 6.89. The molecule has 3 aromatic rings. The maximum Gasteiger partial charge on any atom is 0.350 e. The standard InChI is InChI=1S/C28H31N4O5P/c1-29(19-21-11-5-2-6-12-21)27(33)32-24-17-18-25(32)26(38(35,36)37)30(20-24)28(34)31(22-13-7-3-8-14-22)23-15-9-4-10-16-23/h2-16,24-26H,17-20H2,1H3,(H2,35,36,37)/t24-,25+,26+/m0/s1. The number of rotatable bonds is 5. The second-order valence-corrected chi connectivity index (χ2v) is 11.5. The first-order valence-corrected chi connectivity index (χ1v) is 14.3. The summed E-state index contributed by atoms with van der Waals surface area (Å²) in [5.41, 5.74) is 2.13. The lowest BCUT2D eigenvalue weighted by molar-refractivity contribution is 0.0654. The van der Waals surface area contributed by atoms with Crippen LogP contribution in [0, 0.1) is 0 Å². The molecule has 2 bridgehead atoms. The third-order valence-corrected chi connectivity index (χ3v) is 8.55. The van der Waals surface area contributed by atoms with Crippen LogP contribution in [0.4, 0.5) is 21.0 Å². The topological polar surface area (TPSA) is 105 Å². The molecule has 3 aromatic carbocycles. The second-order valence-electron chi connectivity index (χ2n) is 9.77. The van der Waals surface area contributed by atoms with Crippen LogP contribution in [0.2, 0.25) is 0 Å². The van der Waals surface area contributed by atoms with Gasteiger partial charge in [-0.2, -0.15) is 0 Å². The summed E-state index contributed by atoms with van der Waals surface area (Å²) in [4.78, 5) is 54.7. The van der Waals surface area contributed by atoms with Crippen molar-refractivity contribution in [3.05, 3.63) is 96.6 Å². The Morgan fingerprint density at radius 1 is 0.842 bits per heavy atom. The van der Waals surface area contributed by atoms with Gasteiger partial charge in [-0.1, -0.05) is 66.7 Å². The zero-order chi connectivity index (χ0) is 26.9. The van der Waals surface area contributed by atoms with Crippen LogP contribution in [0.25, 0.3) is 0 Å². The Kier molecular flexibility index (Phi) is 7.25. The molecular weight excluding hydrogens is 503 g/mol. The monoisotopic (exact) mass is 534 g/mol. The molecular formula is C28H31N4O5P. The molecule has 0 saturated carbocycles. The van der Waals surface area contributed by atoms with E-state index in [4.69, 9.17) is 0 Å². The van der Waals surface area contributed by atoms with Crippen LogP contribution in [-0.2, 0) is 11.1 Å². The normalized spacial score (nSPS) is 20.8. The van der Waals surface area contributed by atoms with Crippen LogP contribution in [0.3, 0.4) is 0 Å². The van der Waals surface area contributed by atoms with Gasteiger partial charge in [-0.15, -0.1) is 0 Å². The summed E-state index contributed by atoms with van der Waals surface area (Å²) >= 11 is 0. The summed E-state index contributed by atoms with van der Waals surface area (Å²) in [6.45, 7) is 0.404. The third kappa shape index (κ3) is 5.05. The van der Waals surface area contributed by atoms with Crippen molar-refractivity contribution in [2.75, 3.05) is 18.5 Å². The molecule has 2 N–H and O–H groups in total. The van der Waals surface area contributed by atoms with Crippen molar-refractivity contribution in [1.82, 2.24) is 14.7 Å². The number of nitrogens with zero attached hydrogens (tertiary/aromatic N) is 4. The van der Waals surface area contributed by atoms with Crippen molar-refractivity contribution < 1.29 is 23.9 Å². The Balaban J connectivity index is 1.46. The van der Waals surface area contributed by atoms with Crippen LogP contribution in [-0.4, -0.2) is 68.0 Å². The number of amides is 4. The van der Waals surface area contributed by atoms with Crippen molar-refractivity contribution >= 4 is 31.0 Å². The molecule has 4 amide bonds. The maximum atomic E-state index is 14.1. The second kappa shape index (κ2) is 10.6. The molecule has 0 radical (unpaired) electrons. The van der Waals surface area contributed by atoms with E-state index >= 15 is 0 Å². The van der Waals surface area contributed by atoms with Crippen molar-refractivity contribution in [2.24, 2.45) is 0 Å². The highest BCUT2D eigenvalue weighted by Crippen LogP contribution is 2.52. The fourth-order valence-electron chi connectivity index (χ4n) is 5.60. The number of urea groups is 2. The highest BCUT2D eigenvalue weighted by atomic mass is 31.2. The van der Waals surface area contributed by atoms with Crippen molar-refractivity contribution in [3.63, 3.8) is 0 Å². The number of anilines is 2. The predicted octanol–water partition coefficient (Wildman–Crippen LogP) is 4.85.